The van der Waals surface area contributed by atoms with Crippen molar-refractivity contribution in [2.24, 2.45) is 7.05 Å². The second-order valence-corrected chi connectivity index (χ2v) is 8.77. The van der Waals surface area contributed by atoms with Crippen molar-refractivity contribution in [2.75, 3.05) is 13.1 Å². The first-order chi connectivity index (χ1) is 15.4. The van der Waals surface area contributed by atoms with E-state index in [0.29, 0.717) is 18.7 Å². The molecule has 1 heterocycles. The molecule has 2 aromatic rings. The maximum absolute atomic E-state index is 13.4. The van der Waals surface area contributed by atoms with Crippen LogP contribution in [0.1, 0.15) is 81.4 Å². The van der Waals surface area contributed by atoms with Crippen molar-refractivity contribution in [3.63, 3.8) is 0 Å². The van der Waals surface area contributed by atoms with Crippen LogP contribution in [0.4, 0.5) is 0 Å². The molecule has 0 bridgehead atoms. The molecule has 0 spiro atoms. The zero-order valence-electron chi connectivity index (χ0n) is 20.6. The molecule has 5 nitrogen and oxygen atoms in total. The summed E-state index contributed by atoms with van der Waals surface area (Å²) >= 11 is 0. The van der Waals surface area contributed by atoms with E-state index in [0.717, 1.165) is 44.2 Å². The summed E-state index contributed by atoms with van der Waals surface area (Å²) in [7, 11) is 2.00. The molecule has 0 radical (unpaired) electrons. The van der Waals surface area contributed by atoms with Crippen molar-refractivity contribution in [1.82, 2.24) is 14.4 Å². The van der Waals surface area contributed by atoms with Gasteiger partial charge >= 0.3 is 0 Å². The topological polar surface area (TPSA) is 45.6 Å². The molecule has 5 heteroatoms. The lowest BCUT2D eigenvalue weighted by atomic mass is 10.0. The Bertz CT molecular complexity index is 841. The Hall–Kier alpha value is -2.56. The third-order valence-electron chi connectivity index (χ3n) is 6.25. The lowest BCUT2D eigenvalue weighted by Crippen LogP contribution is -2.46. The number of unbranched alkanes of at least 4 members (excludes halogenated alkanes) is 2. The van der Waals surface area contributed by atoms with Gasteiger partial charge < -0.3 is 14.4 Å². The van der Waals surface area contributed by atoms with E-state index in [4.69, 9.17) is 0 Å². The number of nitrogens with zero attached hydrogens (tertiary/aromatic N) is 3. The number of benzene rings is 1. The zero-order valence-corrected chi connectivity index (χ0v) is 20.6. The van der Waals surface area contributed by atoms with Crippen LogP contribution in [0, 0.1) is 0 Å². The van der Waals surface area contributed by atoms with Crippen LogP contribution in [0.25, 0.3) is 0 Å². The van der Waals surface area contributed by atoms with Gasteiger partial charge in [0, 0.05) is 37.1 Å². The lowest BCUT2D eigenvalue weighted by molar-refractivity contribution is -0.133. The highest BCUT2D eigenvalue weighted by Crippen LogP contribution is 2.15. The molecule has 0 fully saturated rings. The molecule has 0 saturated carbocycles. The fraction of sp³-hybridized carbons (Fsp3) is 0.556. The number of amides is 2. The summed E-state index contributed by atoms with van der Waals surface area (Å²) in [4.78, 5) is 30.4. The molecule has 0 unspecified atom stereocenters. The molecular formula is C27H41N3O2. The van der Waals surface area contributed by atoms with Gasteiger partial charge in [-0.25, -0.2) is 0 Å². The van der Waals surface area contributed by atoms with Gasteiger partial charge in [-0.15, -0.1) is 0 Å². The Morgan fingerprint density at radius 1 is 1.00 bits per heavy atom. The van der Waals surface area contributed by atoms with Crippen LogP contribution in [0.3, 0.4) is 0 Å². The quantitative estimate of drug-likeness (QED) is 0.417. The number of carbonyl (C=O) groups is 2. The first-order valence-corrected chi connectivity index (χ1v) is 12.2. The van der Waals surface area contributed by atoms with Crippen molar-refractivity contribution in [3.8, 4) is 0 Å². The second-order valence-electron chi connectivity index (χ2n) is 8.77. The Balaban J connectivity index is 2.16. The van der Waals surface area contributed by atoms with Crippen LogP contribution in [0.15, 0.2) is 42.6 Å². The van der Waals surface area contributed by atoms with E-state index in [9.17, 15) is 9.59 Å². The van der Waals surface area contributed by atoms with Crippen molar-refractivity contribution in [2.45, 2.75) is 78.8 Å². The third-order valence-corrected chi connectivity index (χ3v) is 6.25. The predicted octanol–water partition coefficient (Wildman–Crippen LogP) is 5.44. The zero-order chi connectivity index (χ0) is 23.5. The number of rotatable bonds is 13. The summed E-state index contributed by atoms with van der Waals surface area (Å²) in [5, 5.41) is 0. The van der Waals surface area contributed by atoms with E-state index in [1.165, 1.54) is 5.56 Å². The van der Waals surface area contributed by atoms with Crippen LogP contribution >= 0.6 is 0 Å². The Morgan fingerprint density at radius 3 is 2.25 bits per heavy atom. The number of aryl methyl sites for hydroxylation is 2. The highest BCUT2D eigenvalue weighted by atomic mass is 16.2. The van der Waals surface area contributed by atoms with Crippen molar-refractivity contribution < 1.29 is 9.59 Å². The van der Waals surface area contributed by atoms with Gasteiger partial charge in [-0.05, 0) is 62.4 Å². The predicted molar refractivity (Wildman–Crippen MR) is 132 cm³/mol. The van der Waals surface area contributed by atoms with Crippen molar-refractivity contribution >= 4 is 11.8 Å². The van der Waals surface area contributed by atoms with Gasteiger partial charge in [0.1, 0.15) is 6.54 Å². The monoisotopic (exact) mass is 439 g/mol. The molecule has 2 amide bonds. The first-order valence-electron chi connectivity index (χ1n) is 12.2. The van der Waals surface area contributed by atoms with E-state index in [1.807, 2.05) is 66.0 Å². The van der Waals surface area contributed by atoms with E-state index in [1.54, 1.807) is 4.90 Å². The van der Waals surface area contributed by atoms with Crippen LogP contribution in [0.2, 0.25) is 0 Å². The molecule has 0 aliphatic carbocycles. The molecule has 0 aliphatic rings. The van der Waals surface area contributed by atoms with E-state index in [2.05, 4.69) is 20.8 Å². The Labute approximate surface area is 194 Å². The standard InChI is InChI=1S/C27H41N3O2/c1-6-9-12-23-14-16-24(17-15-23)27(32)30(22(4)8-3)21-26(31)29(19-10-7-2)20-25-13-11-18-28(25)5/h11,13-18,22H,6-10,12,19-21H2,1-5H3/t22-/m1/s1. The lowest BCUT2D eigenvalue weighted by Gasteiger charge is -2.31. The summed E-state index contributed by atoms with van der Waals surface area (Å²) in [5.41, 5.74) is 3.00. The Morgan fingerprint density at radius 2 is 1.69 bits per heavy atom. The molecule has 32 heavy (non-hydrogen) atoms. The van der Waals surface area contributed by atoms with E-state index >= 15 is 0 Å². The number of hydrogen-bond acceptors (Lipinski definition) is 2. The van der Waals surface area contributed by atoms with Crippen LogP contribution in [0.5, 0.6) is 0 Å². The van der Waals surface area contributed by atoms with Gasteiger partial charge in [-0.2, -0.15) is 0 Å². The molecule has 0 N–H and O–H groups in total. The molecule has 2 rings (SSSR count). The van der Waals surface area contributed by atoms with E-state index < -0.39 is 0 Å². The number of hydrogen-bond donors (Lipinski definition) is 0. The minimum absolute atomic E-state index is 0.00530. The number of carbonyl (C=O) groups excluding carboxylic acids is 2. The molecular weight excluding hydrogens is 398 g/mol. The largest absolute Gasteiger partial charge is 0.353 e. The smallest absolute Gasteiger partial charge is 0.254 e. The summed E-state index contributed by atoms with van der Waals surface area (Å²) < 4.78 is 2.05. The molecule has 0 saturated heterocycles. The summed E-state index contributed by atoms with van der Waals surface area (Å²) in [6, 6.07) is 11.9. The summed E-state index contributed by atoms with van der Waals surface area (Å²) in [6.07, 6.45) is 8.11. The maximum atomic E-state index is 13.4. The maximum Gasteiger partial charge on any atom is 0.254 e. The average molecular weight is 440 g/mol. The summed E-state index contributed by atoms with van der Waals surface area (Å²) in [5.74, 6) is -0.0584. The van der Waals surface area contributed by atoms with Crippen molar-refractivity contribution in [1.29, 1.82) is 0 Å². The molecule has 1 atom stereocenters. The molecule has 0 aliphatic heterocycles. The molecule has 1 aromatic carbocycles. The molecule has 176 valence electrons. The highest BCUT2D eigenvalue weighted by Gasteiger charge is 2.26. The first kappa shape index (κ1) is 25.7. The van der Waals surface area contributed by atoms with E-state index in [-0.39, 0.29) is 24.4 Å². The van der Waals surface area contributed by atoms with Gasteiger partial charge in [-0.3, -0.25) is 9.59 Å². The van der Waals surface area contributed by atoms with Crippen LogP contribution in [-0.2, 0) is 24.8 Å². The normalized spacial score (nSPS) is 11.9. The fourth-order valence-corrected chi connectivity index (χ4v) is 3.75. The molecule has 1 aromatic heterocycles. The van der Waals surface area contributed by atoms with Gasteiger partial charge in [0.2, 0.25) is 5.91 Å². The van der Waals surface area contributed by atoms with Gasteiger partial charge in [-0.1, -0.05) is 45.7 Å². The van der Waals surface area contributed by atoms with Crippen LogP contribution < -0.4 is 0 Å². The third kappa shape index (κ3) is 7.25. The highest BCUT2D eigenvalue weighted by molar-refractivity contribution is 5.96. The fourth-order valence-electron chi connectivity index (χ4n) is 3.75. The average Bonchev–Trinajstić information content (AvgIpc) is 3.22. The van der Waals surface area contributed by atoms with Crippen molar-refractivity contribution in [3.05, 3.63) is 59.4 Å². The van der Waals surface area contributed by atoms with Gasteiger partial charge in [0.15, 0.2) is 0 Å². The van der Waals surface area contributed by atoms with Gasteiger partial charge in [0.25, 0.3) is 5.91 Å². The SMILES string of the molecule is CCCCc1ccc(C(=O)N(CC(=O)N(CCCC)Cc2cccn2C)[C@H](C)CC)cc1. The van der Waals surface area contributed by atoms with Crippen LogP contribution in [-0.4, -0.2) is 45.3 Å². The van der Waals surface area contributed by atoms with Gasteiger partial charge in [0.05, 0.1) is 6.54 Å². The summed E-state index contributed by atoms with van der Waals surface area (Å²) in [6.45, 7) is 9.77. The second kappa shape index (κ2) is 13.1. The number of aromatic nitrogens is 1. The Kier molecular flexibility index (Phi) is 10.5. The minimum Gasteiger partial charge on any atom is -0.353 e. The minimum atomic E-state index is -0.0657.